The molecular formula is H5N2NaO2S. The van der Waals surface area contributed by atoms with Crippen LogP contribution < -0.4 is 40.2 Å². The molecule has 4 N–H and O–H groups in total. The van der Waals surface area contributed by atoms with Gasteiger partial charge in [-0.2, -0.15) is 4.83 Å². The second kappa shape index (κ2) is 6.03. The van der Waals surface area contributed by atoms with Crippen molar-refractivity contribution in [1.82, 2.24) is 4.83 Å². The first-order chi connectivity index (χ1) is 2.27. The van der Waals surface area contributed by atoms with Gasteiger partial charge in [-0.05, 0) is 0 Å². The molecule has 0 fully saturated rings. The van der Waals surface area contributed by atoms with E-state index in [0.717, 1.165) is 0 Å². The van der Waals surface area contributed by atoms with Crippen molar-refractivity contribution in [3.63, 3.8) is 0 Å². The molecule has 6 heteroatoms. The number of hydrazine groups is 1. The van der Waals surface area contributed by atoms with Crippen molar-refractivity contribution in [3.8, 4) is 0 Å². The first-order valence-corrected chi connectivity index (χ1v) is 1.95. The normalized spacial score (nSPS) is 12.3. The summed E-state index contributed by atoms with van der Waals surface area (Å²) in [7, 11) is 0. The zero-order valence-corrected chi connectivity index (χ0v) is 6.16. The van der Waals surface area contributed by atoms with Gasteiger partial charge in [0.1, 0.15) is 0 Å². The summed E-state index contributed by atoms with van der Waals surface area (Å²) < 4.78 is 16.8. The van der Waals surface area contributed by atoms with Crippen molar-refractivity contribution in [1.29, 1.82) is 0 Å². The molecule has 0 saturated heterocycles. The minimum atomic E-state index is -2.04. The molecule has 4 nitrogen and oxygen atoms in total. The summed E-state index contributed by atoms with van der Waals surface area (Å²) in [6.45, 7) is 0. The average Bonchev–Trinajstić information content (AvgIpc) is 1.38. The minimum Gasteiger partial charge on any atom is -1.00 e. The Morgan fingerprint density at radius 3 is 2.17 bits per heavy atom. The summed E-state index contributed by atoms with van der Waals surface area (Å²) in [5, 5.41) is 0. The van der Waals surface area contributed by atoms with Gasteiger partial charge in [0.15, 0.2) is 0 Å². The molecule has 0 aliphatic rings. The summed E-state index contributed by atoms with van der Waals surface area (Å²) in [5.74, 6) is 4.37. The third kappa shape index (κ3) is 8.90. The molecule has 0 aliphatic heterocycles. The molecule has 0 heterocycles. The Morgan fingerprint density at radius 1 is 2.00 bits per heavy atom. The predicted octanol–water partition coefficient (Wildman–Crippen LogP) is -4.30. The van der Waals surface area contributed by atoms with Gasteiger partial charge in [-0.25, -0.2) is 4.21 Å². The third-order valence-corrected chi connectivity index (χ3v) is 0.302. The van der Waals surface area contributed by atoms with Crippen LogP contribution in [-0.2, 0) is 11.3 Å². The molecule has 1 atom stereocenters. The Balaban J connectivity index is -0.0000000800. The quantitative estimate of drug-likeness (QED) is 0.142. The van der Waals surface area contributed by atoms with Crippen LogP contribution in [-0.4, -0.2) is 8.76 Å². The first-order valence-electron chi connectivity index (χ1n) is 0.842. The number of hydrogen-bond donors (Lipinski definition) is 3. The Kier molecular flexibility index (Phi) is 10.2. The van der Waals surface area contributed by atoms with E-state index in [9.17, 15) is 4.21 Å². The molecule has 6 heavy (non-hydrogen) atoms. The van der Waals surface area contributed by atoms with Crippen molar-refractivity contribution >= 4 is 11.3 Å². The monoisotopic (exact) mass is 120 g/mol. The van der Waals surface area contributed by atoms with Crippen LogP contribution in [0.15, 0.2) is 0 Å². The van der Waals surface area contributed by atoms with E-state index >= 15 is 0 Å². The predicted molar refractivity (Wildman–Crippen MR) is 19.2 cm³/mol. The maximum Gasteiger partial charge on any atom is 1.00 e. The van der Waals surface area contributed by atoms with E-state index in [2.05, 4.69) is 5.84 Å². The Hall–Kier alpha value is 1.03. The molecular weight excluding hydrogens is 115 g/mol. The molecule has 1 unspecified atom stereocenters. The second-order valence-corrected chi connectivity index (χ2v) is 1.10. The molecule has 0 aliphatic carbocycles. The summed E-state index contributed by atoms with van der Waals surface area (Å²) in [4.78, 5) is 1.56. The maximum atomic E-state index is 9.24. The van der Waals surface area contributed by atoms with Gasteiger partial charge in [0.25, 0.3) is 0 Å². The Bertz CT molecular complexity index is 51.0. The van der Waals surface area contributed by atoms with Crippen molar-refractivity contribution < 1.29 is 39.7 Å². The van der Waals surface area contributed by atoms with Gasteiger partial charge in [0.05, 0.1) is 0 Å². The van der Waals surface area contributed by atoms with Gasteiger partial charge in [0.2, 0.25) is 11.3 Å². The topological polar surface area (TPSA) is 75.3 Å². The zero-order chi connectivity index (χ0) is 4.28. The van der Waals surface area contributed by atoms with Crippen molar-refractivity contribution in [2.45, 2.75) is 0 Å². The van der Waals surface area contributed by atoms with Crippen LogP contribution in [0.3, 0.4) is 0 Å². The van der Waals surface area contributed by atoms with E-state index in [-0.39, 0.29) is 31.0 Å². The molecule has 0 bridgehead atoms. The second-order valence-electron chi connectivity index (χ2n) is 0.367. The summed E-state index contributed by atoms with van der Waals surface area (Å²) in [6.07, 6.45) is 0. The van der Waals surface area contributed by atoms with Crippen LogP contribution in [0, 0.1) is 0 Å². The molecule has 0 aromatic heterocycles. The average molecular weight is 120 g/mol. The first kappa shape index (κ1) is 10.1. The van der Waals surface area contributed by atoms with E-state index in [1.165, 1.54) is 0 Å². The fourth-order valence-electron chi connectivity index (χ4n) is 0. The Morgan fingerprint density at radius 2 is 2.17 bits per heavy atom. The number of rotatable bonds is 1. The van der Waals surface area contributed by atoms with E-state index in [1.54, 1.807) is 4.83 Å². The molecule has 0 saturated carbocycles. The summed E-state index contributed by atoms with van der Waals surface area (Å²) in [6, 6.07) is 0. The number of nitrogens with two attached hydrogens (primary N) is 1. The minimum absolute atomic E-state index is 0. The van der Waals surface area contributed by atoms with Crippen LogP contribution in [0.4, 0.5) is 0 Å². The van der Waals surface area contributed by atoms with E-state index in [0.29, 0.717) is 0 Å². The van der Waals surface area contributed by atoms with Gasteiger partial charge in [-0.1, -0.05) is 0 Å². The third-order valence-electron chi connectivity index (χ3n) is 0.101. The van der Waals surface area contributed by atoms with Gasteiger partial charge in [0, 0.05) is 0 Å². The Labute approximate surface area is 61.6 Å². The number of hydrogen-bond acceptors (Lipinski definition) is 2. The van der Waals surface area contributed by atoms with E-state index < -0.39 is 11.3 Å². The van der Waals surface area contributed by atoms with Gasteiger partial charge in [-0.3, -0.25) is 10.4 Å². The molecule has 0 amide bonds. The van der Waals surface area contributed by atoms with E-state index in [1.807, 2.05) is 0 Å². The summed E-state index contributed by atoms with van der Waals surface area (Å²) >= 11 is -2.04. The van der Waals surface area contributed by atoms with Crippen LogP contribution in [0.25, 0.3) is 0 Å². The molecule has 0 rings (SSSR count). The van der Waals surface area contributed by atoms with Gasteiger partial charge in [-0.15, -0.1) is 0 Å². The zero-order valence-electron chi connectivity index (χ0n) is 4.34. The summed E-state index contributed by atoms with van der Waals surface area (Å²) in [5.41, 5.74) is 0. The molecule has 34 valence electrons. The van der Waals surface area contributed by atoms with Crippen molar-refractivity contribution in [3.05, 3.63) is 0 Å². The molecule has 0 radical (unpaired) electrons. The fraction of sp³-hybridized carbons (Fsp3) is 0. The van der Waals surface area contributed by atoms with Crippen LogP contribution in [0.1, 0.15) is 1.43 Å². The van der Waals surface area contributed by atoms with Crippen LogP contribution in [0.5, 0.6) is 0 Å². The maximum absolute atomic E-state index is 9.24. The fourth-order valence-corrected chi connectivity index (χ4v) is 0. The molecule has 0 aromatic rings. The van der Waals surface area contributed by atoms with Crippen molar-refractivity contribution in [2.24, 2.45) is 5.84 Å². The van der Waals surface area contributed by atoms with Crippen LogP contribution in [0.2, 0.25) is 0 Å². The smallest absolute Gasteiger partial charge is 1.00 e. The standard InChI is InChI=1S/H4N2O2S.Na.H/c1-2-5(3)4;;/h2H,1H2,(H,3,4);;/q;+1;-1. The number of nitrogens with one attached hydrogen (secondary N) is 1. The SMILES string of the molecule is NNS(=O)O.[H-].[Na+]. The largest absolute Gasteiger partial charge is 1.00 e. The molecule has 0 aromatic carbocycles. The molecule has 0 spiro atoms. The van der Waals surface area contributed by atoms with E-state index in [4.69, 9.17) is 4.55 Å². The van der Waals surface area contributed by atoms with Gasteiger partial charge < -0.3 is 1.43 Å². The van der Waals surface area contributed by atoms with Crippen LogP contribution >= 0.6 is 0 Å². The van der Waals surface area contributed by atoms with Gasteiger partial charge >= 0.3 is 29.6 Å². The van der Waals surface area contributed by atoms with Crippen molar-refractivity contribution in [2.75, 3.05) is 0 Å².